The third-order valence-corrected chi connectivity index (χ3v) is 13.6. The second kappa shape index (κ2) is 11.8. The maximum Gasteiger partial charge on any atom is 0.0435 e. The molecule has 0 spiro atoms. The second-order valence-corrected chi connectivity index (χ2v) is 17.0. The molecule has 256 valence electrons. The SMILES string of the molecule is CC1(C)C2=CC=CC3C2N2C4C(=CC=CC41)C1=CC(CC(=Cc4ccc(-c5ccccc5)cc4)c4cccc(-c5ccccc5)c4)=CC(C12)C3(C)C. The lowest BCUT2D eigenvalue weighted by atomic mass is 9.52. The quantitative estimate of drug-likeness (QED) is 0.184. The Kier molecular flexibility index (Phi) is 7.18. The topological polar surface area (TPSA) is 3.24 Å². The van der Waals surface area contributed by atoms with Gasteiger partial charge in [0.2, 0.25) is 0 Å². The summed E-state index contributed by atoms with van der Waals surface area (Å²) in [6.07, 6.45) is 23.4. The van der Waals surface area contributed by atoms with Crippen molar-refractivity contribution >= 4 is 11.6 Å². The third-order valence-electron chi connectivity index (χ3n) is 13.6. The smallest absolute Gasteiger partial charge is 0.0435 e. The summed E-state index contributed by atoms with van der Waals surface area (Å²) in [6, 6.07) is 41.1. The first-order chi connectivity index (χ1) is 25.3. The van der Waals surface area contributed by atoms with Crippen LogP contribution in [0.4, 0.5) is 0 Å². The Balaban J connectivity index is 1.09. The van der Waals surface area contributed by atoms with Gasteiger partial charge in [0.15, 0.2) is 0 Å². The van der Waals surface area contributed by atoms with Crippen LogP contribution in [-0.4, -0.2) is 23.0 Å². The summed E-state index contributed by atoms with van der Waals surface area (Å²) < 4.78 is 0. The molecule has 4 aromatic carbocycles. The first kappa shape index (κ1) is 31.7. The molecule has 0 bridgehead atoms. The number of hydrogen-bond acceptors (Lipinski definition) is 1. The molecule has 4 aromatic rings. The molecule has 3 fully saturated rings. The summed E-state index contributed by atoms with van der Waals surface area (Å²) in [5.74, 6) is 1.40. The molecule has 3 saturated heterocycles. The number of fused-ring (bicyclic) bond motifs is 1. The van der Waals surface area contributed by atoms with Crippen molar-refractivity contribution in [3.8, 4) is 22.3 Å². The number of hydrogen-bond donors (Lipinski definition) is 0. The van der Waals surface area contributed by atoms with Crippen molar-refractivity contribution in [2.24, 2.45) is 28.6 Å². The van der Waals surface area contributed by atoms with E-state index in [4.69, 9.17) is 0 Å². The number of benzene rings is 4. The van der Waals surface area contributed by atoms with Gasteiger partial charge in [0, 0.05) is 35.9 Å². The highest BCUT2D eigenvalue weighted by Gasteiger charge is 2.66. The number of piperidine rings is 2. The van der Waals surface area contributed by atoms with E-state index < -0.39 is 0 Å². The lowest BCUT2D eigenvalue weighted by Gasteiger charge is -2.64. The van der Waals surface area contributed by atoms with Gasteiger partial charge in [-0.3, -0.25) is 4.90 Å². The molecule has 6 unspecified atom stereocenters. The Labute approximate surface area is 309 Å². The molecule has 1 heteroatoms. The van der Waals surface area contributed by atoms with Crippen LogP contribution in [0.25, 0.3) is 33.9 Å². The maximum atomic E-state index is 2.98. The van der Waals surface area contributed by atoms with Crippen LogP contribution in [0.2, 0.25) is 0 Å². The number of allylic oxidation sites excluding steroid dienone is 7. The predicted molar refractivity (Wildman–Crippen MR) is 218 cm³/mol. The molecule has 0 saturated carbocycles. The molecule has 52 heavy (non-hydrogen) atoms. The summed E-state index contributed by atoms with van der Waals surface area (Å²) in [5.41, 5.74) is 15.3. The molecule has 3 heterocycles. The fourth-order valence-corrected chi connectivity index (χ4v) is 10.9. The van der Waals surface area contributed by atoms with Crippen molar-refractivity contribution in [1.82, 2.24) is 4.90 Å². The van der Waals surface area contributed by atoms with E-state index >= 15 is 0 Å². The number of nitrogens with zero attached hydrogens (tertiary/aromatic N) is 1. The molecule has 1 nitrogen and oxygen atoms in total. The molecule has 6 aliphatic rings. The largest absolute Gasteiger partial charge is 0.281 e. The van der Waals surface area contributed by atoms with Gasteiger partial charge in [-0.2, -0.15) is 0 Å². The van der Waals surface area contributed by atoms with Gasteiger partial charge < -0.3 is 0 Å². The van der Waals surface area contributed by atoms with Gasteiger partial charge in [0.1, 0.15) is 0 Å². The highest BCUT2D eigenvalue weighted by molar-refractivity contribution is 5.85. The Morgan fingerprint density at radius 2 is 1.25 bits per heavy atom. The lowest BCUT2D eigenvalue weighted by molar-refractivity contribution is -0.0726. The van der Waals surface area contributed by atoms with Crippen molar-refractivity contribution in [2.75, 3.05) is 0 Å². The zero-order valence-electron chi connectivity index (χ0n) is 30.7. The van der Waals surface area contributed by atoms with Crippen LogP contribution in [0.15, 0.2) is 180 Å². The van der Waals surface area contributed by atoms with E-state index in [1.54, 1.807) is 16.7 Å². The zero-order chi connectivity index (χ0) is 35.2. The molecule has 10 rings (SSSR count). The Morgan fingerprint density at radius 3 is 2.00 bits per heavy atom. The normalized spacial score (nSPS) is 28.7. The van der Waals surface area contributed by atoms with Crippen molar-refractivity contribution < 1.29 is 0 Å². The van der Waals surface area contributed by atoms with Gasteiger partial charge in [0.25, 0.3) is 0 Å². The van der Waals surface area contributed by atoms with Crippen molar-refractivity contribution in [1.29, 1.82) is 0 Å². The van der Waals surface area contributed by atoms with Gasteiger partial charge in [-0.05, 0) is 84.6 Å². The van der Waals surface area contributed by atoms with Crippen LogP contribution in [-0.2, 0) is 0 Å². The van der Waals surface area contributed by atoms with E-state index in [2.05, 4.69) is 196 Å². The summed E-state index contributed by atoms with van der Waals surface area (Å²) >= 11 is 0. The fourth-order valence-electron chi connectivity index (χ4n) is 10.9. The summed E-state index contributed by atoms with van der Waals surface area (Å²) in [6.45, 7) is 10.1. The van der Waals surface area contributed by atoms with Gasteiger partial charge >= 0.3 is 0 Å². The van der Waals surface area contributed by atoms with E-state index in [0.29, 0.717) is 35.9 Å². The minimum atomic E-state index is 0.112. The molecule has 0 aromatic heterocycles. The van der Waals surface area contributed by atoms with Crippen LogP contribution in [0.3, 0.4) is 0 Å². The first-order valence-corrected chi connectivity index (χ1v) is 19.3. The Bertz CT molecular complexity index is 2290. The van der Waals surface area contributed by atoms with E-state index in [1.165, 1.54) is 44.5 Å². The lowest BCUT2D eigenvalue weighted by Crippen LogP contribution is -2.68. The minimum Gasteiger partial charge on any atom is -0.281 e. The van der Waals surface area contributed by atoms with E-state index in [0.717, 1.165) is 6.42 Å². The molecule has 6 atom stereocenters. The molecule has 0 N–H and O–H groups in total. The van der Waals surface area contributed by atoms with E-state index in [1.807, 2.05) is 0 Å². The highest BCUT2D eigenvalue weighted by Crippen LogP contribution is 2.66. The molecule has 0 radical (unpaired) electrons. The van der Waals surface area contributed by atoms with Crippen LogP contribution in [0, 0.1) is 28.6 Å². The highest BCUT2D eigenvalue weighted by atomic mass is 15.3. The van der Waals surface area contributed by atoms with Crippen molar-refractivity contribution in [3.05, 3.63) is 191 Å². The minimum absolute atomic E-state index is 0.112. The summed E-state index contributed by atoms with van der Waals surface area (Å²) in [7, 11) is 0. The average Bonchev–Trinajstić information content (AvgIpc) is 3.51. The molecule has 3 aliphatic carbocycles. The van der Waals surface area contributed by atoms with Gasteiger partial charge in [-0.25, -0.2) is 0 Å². The van der Waals surface area contributed by atoms with Gasteiger partial charge in [-0.15, -0.1) is 0 Å². The standard InChI is InChI=1S/C51H47N/c1-50(2)43-21-12-20-41-42-30-34(31-46-48(42)52(47(41)43)49-44(50)22-13-23-45(49)51(46,3)4)29-40(39-19-11-18-38(32-39)36-16-9-6-10-17-36)28-33-24-26-37(27-25-33)35-14-7-5-8-15-35/h5-28,30-32,43,45-49H,29H2,1-4H3. The van der Waals surface area contributed by atoms with Crippen LogP contribution < -0.4 is 0 Å². The van der Waals surface area contributed by atoms with Crippen LogP contribution in [0.1, 0.15) is 45.2 Å². The first-order valence-electron chi connectivity index (χ1n) is 19.3. The number of rotatable bonds is 6. The van der Waals surface area contributed by atoms with Crippen molar-refractivity contribution in [2.45, 2.75) is 52.2 Å². The fraction of sp³-hybridized carbons (Fsp3) is 0.255. The monoisotopic (exact) mass is 673 g/mol. The zero-order valence-corrected chi connectivity index (χ0v) is 30.7. The van der Waals surface area contributed by atoms with E-state index in [9.17, 15) is 0 Å². The Hall–Kier alpha value is -4.98. The van der Waals surface area contributed by atoms with Gasteiger partial charge in [0.05, 0.1) is 0 Å². The van der Waals surface area contributed by atoms with Gasteiger partial charge in [-0.1, -0.05) is 186 Å². The average molecular weight is 674 g/mol. The summed E-state index contributed by atoms with van der Waals surface area (Å²) in [5, 5.41) is 0. The molecular weight excluding hydrogens is 627 g/mol. The third kappa shape index (κ3) is 4.79. The molecular formula is C51H47N. The molecule has 3 aliphatic heterocycles. The second-order valence-electron chi connectivity index (χ2n) is 17.0. The Morgan fingerprint density at radius 1 is 0.615 bits per heavy atom. The maximum absolute atomic E-state index is 2.98. The molecule has 0 amide bonds. The van der Waals surface area contributed by atoms with Crippen LogP contribution >= 0.6 is 0 Å². The summed E-state index contributed by atoms with van der Waals surface area (Å²) in [4.78, 5) is 2.98. The van der Waals surface area contributed by atoms with Crippen LogP contribution in [0.5, 0.6) is 0 Å². The van der Waals surface area contributed by atoms with E-state index in [-0.39, 0.29) is 10.8 Å². The van der Waals surface area contributed by atoms with Crippen molar-refractivity contribution in [3.63, 3.8) is 0 Å². The predicted octanol–water partition coefficient (Wildman–Crippen LogP) is 12.2.